The molecule has 2 aliphatic rings. The molecule has 0 aromatic heterocycles. The Bertz CT molecular complexity index is 434. The highest BCUT2D eigenvalue weighted by Gasteiger charge is 2.53. The molecule has 1 aliphatic carbocycles. The van der Waals surface area contributed by atoms with Crippen molar-refractivity contribution in [3.05, 3.63) is 35.4 Å². The van der Waals surface area contributed by atoms with Crippen LogP contribution in [0.3, 0.4) is 0 Å². The largest absolute Gasteiger partial charge is 0.347 e. The van der Waals surface area contributed by atoms with Crippen molar-refractivity contribution < 1.29 is 4.79 Å². The minimum atomic E-state index is -0.158. The zero-order chi connectivity index (χ0) is 10.6. The van der Waals surface area contributed by atoms with E-state index in [0.717, 1.165) is 11.1 Å². The van der Waals surface area contributed by atoms with Gasteiger partial charge in [-0.1, -0.05) is 18.2 Å². The van der Waals surface area contributed by atoms with Gasteiger partial charge in [-0.05, 0) is 11.6 Å². The molecule has 15 heavy (non-hydrogen) atoms. The summed E-state index contributed by atoms with van der Waals surface area (Å²) in [5, 5.41) is 2.65. The fourth-order valence-corrected chi connectivity index (χ4v) is 3.23. The van der Waals surface area contributed by atoms with Crippen LogP contribution >= 0.6 is 23.2 Å². The van der Waals surface area contributed by atoms with Gasteiger partial charge in [-0.3, -0.25) is 4.79 Å². The molecule has 3 rings (SSSR count). The Labute approximate surface area is 97.6 Å². The molecule has 1 N–H and O–H groups in total. The van der Waals surface area contributed by atoms with Gasteiger partial charge in [-0.15, -0.1) is 23.2 Å². The second kappa shape index (κ2) is 3.13. The molecule has 1 heterocycles. The standard InChI is InChI=1S/C11H9Cl2NO/c12-8-7-5-3-1-2-4-6(5)11(15)14-10(7)9(8)13/h1-4,7-10H,(H,14,15)/t7-,8+,9+,10-/m1/s1. The van der Waals surface area contributed by atoms with Crippen LogP contribution in [0, 0.1) is 0 Å². The van der Waals surface area contributed by atoms with Crippen molar-refractivity contribution >= 4 is 29.1 Å². The molecular formula is C11H9Cl2NO. The summed E-state index contributed by atoms with van der Waals surface area (Å²) in [6.07, 6.45) is 0. The summed E-state index contributed by atoms with van der Waals surface area (Å²) in [7, 11) is 0. The lowest BCUT2D eigenvalue weighted by Crippen LogP contribution is -2.63. The van der Waals surface area contributed by atoms with Gasteiger partial charge >= 0.3 is 0 Å². The van der Waals surface area contributed by atoms with Gasteiger partial charge in [-0.2, -0.15) is 0 Å². The van der Waals surface area contributed by atoms with Crippen molar-refractivity contribution in [2.75, 3.05) is 0 Å². The summed E-state index contributed by atoms with van der Waals surface area (Å²) >= 11 is 12.2. The minimum Gasteiger partial charge on any atom is -0.347 e. The van der Waals surface area contributed by atoms with Crippen LogP contribution in [0.15, 0.2) is 24.3 Å². The Morgan fingerprint density at radius 2 is 1.87 bits per heavy atom. The number of hydrogen-bond donors (Lipinski definition) is 1. The van der Waals surface area contributed by atoms with Crippen LogP contribution in [0.5, 0.6) is 0 Å². The lowest BCUT2D eigenvalue weighted by molar-refractivity contribution is 0.0884. The van der Waals surface area contributed by atoms with E-state index in [1.165, 1.54) is 0 Å². The normalized spacial score (nSPS) is 37.3. The maximum atomic E-state index is 11.7. The predicted molar refractivity (Wildman–Crippen MR) is 59.7 cm³/mol. The first-order valence-corrected chi connectivity index (χ1v) is 5.75. The monoisotopic (exact) mass is 241 g/mol. The Morgan fingerprint density at radius 3 is 2.67 bits per heavy atom. The van der Waals surface area contributed by atoms with Crippen molar-refractivity contribution in [2.24, 2.45) is 0 Å². The Balaban J connectivity index is 2.10. The molecule has 78 valence electrons. The van der Waals surface area contributed by atoms with E-state index in [0.29, 0.717) is 0 Å². The topological polar surface area (TPSA) is 29.1 Å². The quantitative estimate of drug-likeness (QED) is 0.693. The maximum Gasteiger partial charge on any atom is 0.251 e. The number of benzene rings is 1. The fraction of sp³-hybridized carbons (Fsp3) is 0.364. The molecule has 0 radical (unpaired) electrons. The molecule has 0 bridgehead atoms. The Hall–Kier alpha value is -0.730. The highest BCUT2D eigenvalue weighted by atomic mass is 35.5. The van der Waals surface area contributed by atoms with E-state index in [9.17, 15) is 4.79 Å². The van der Waals surface area contributed by atoms with Gasteiger partial charge < -0.3 is 5.32 Å². The van der Waals surface area contributed by atoms with Crippen LogP contribution in [0.1, 0.15) is 21.8 Å². The summed E-state index contributed by atoms with van der Waals surface area (Å²) in [5.41, 5.74) is 1.76. The van der Waals surface area contributed by atoms with Crippen molar-refractivity contribution in [3.8, 4) is 0 Å². The predicted octanol–water partition coefficient (Wildman–Crippen LogP) is 2.11. The first-order valence-electron chi connectivity index (χ1n) is 4.88. The number of amides is 1. The average molecular weight is 242 g/mol. The first-order chi connectivity index (χ1) is 7.20. The zero-order valence-corrected chi connectivity index (χ0v) is 9.29. The lowest BCUT2D eigenvalue weighted by Gasteiger charge is -2.49. The summed E-state index contributed by atoms with van der Waals surface area (Å²) in [6.45, 7) is 0. The number of carbonyl (C=O) groups excluding carboxylic acids is 1. The number of nitrogens with one attached hydrogen (secondary N) is 1. The zero-order valence-electron chi connectivity index (χ0n) is 7.78. The van der Waals surface area contributed by atoms with E-state index in [2.05, 4.69) is 5.32 Å². The second-order valence-electron chi connectivity index (χ2n) is 4.00. The third-order valence-corrected chi connectivity index (χ3v) is 4.45. The molecular weight excluding hydrogens is 233 g/mol. The van der Waals surface area contributed by atoms with Crippen molar-refractivity contribution in [3.63, 3.8) is 0 Å². The van der Waals surface area contributed by atoms with Crippen molar-refractivity contribution in [1.29, 1.82) is 0 Å². The van der Waals surface area contributed by atoms with Crippen molar-refractivity contribution in [2.45, 2.75) is 22.7 Å². The molecule has 1 aromatic rings. The lowest BCUT2D eigenvalue weighted by atomic mass is 9.70. The van der Waals surface area contributed by atoms with E-state index in [-0.39, 0.29) is 28.6 Å². The number of alkyl halides is 2. The number of halogens is 2. The van der Waals surface area contributed by atoms with E-state index < -0.39 is 0 Å². The van der Waals surface area contributed by atoms with Gasteiger partial charge in [0, 0.05) is 11.5 Å². The average Bonchev–Trinajstić information content (AvgIpc) is 2.28. The molecule has 0 saturated heterocycles. The SMILES string of the molecule is O=C1N[C@H]2[C@@H](Cl)[C@@H](Cl)[C@H]2c2ccccc21. The number of carbonyl (C=O) groups is 1. The summed E-state index contributed by atoms with van der Waals surface area (Å²) in [4.78, 5) is 11.7. The summed E-state index contributed by atoms with van der Waals surface area (Å²) in [6, 6.07) is 7.57. The van der Waals surface area contributed by atoms with E-state index in [4.69, 9.17) is 23.2 Å². The van der Waals surface area contributed by atoms with Crippen molar-refractivity contribution in [1.82, 2.24) is 5.32 Å². The van der Waals surface area contributed by atoms with Crippen LogP contribution in [-0.2, 0) is 0 Å². The van der Waals surface area contributed by atoms with E-state index in [1.54, 1.807) is 0 Å². The number of fused-ring (bicyclic) bond motifs is 3. The van der Waals surface area contributed by atoms with Gasteiger partial charge in [0.15, 0.2) is 0 Å². The summed E-state index contributed by atoms with van der Waals surface area (Å²) in [5.74, 6) is 0.129. The smallest absolute Gasteiger partial charge is 0.251 e. The van der Waals surface area contributed by atoms with Gasteiger partial charge in [-0.25, -0.2) is 0 Å². The Morgan fingerprint density at radius 1 is 1.13 bits per heavy atom. The third-order valence-electron chi connectivity index (χ3n) is 3.24. The van der Waals surface area contributed by atoms with Crippen LogP contribution in [0.2, 0.25) is 0 Å². The van der Waals surface area contributed by atoms with E-state index >= 15 is 0 Å². The molecule has 1 aromatic carbocycles. The van der Waals surface area contributed by atoms with Crippen LogP contribution in [-0.4, -0.2) is 22.7 Å². The van der Waals surface area contributed by atoms with Gasteiger partial charge in [0.25, 0.3) is 5.91 Å². The van der Waals surface area contributed by atoms with Crippen LogP contribution in [0.25, 0.3) is 0 Å². The fourth-order valence-electron chi connectivity index (χ4n) is 2.40. The second-order valence-corrected chi connectivity index (χ2v) is 5.01. The highest BCUT2D eigenvalue weighted by molar-refractivity contribution is 6.33. The van der Waals surface area contributed by atoms with Crippen LogP contribution < -0.4 is 5.32 Å². The minimum absolute atomic E-state index is 0.00318. The molecule has 2 nitrogen and oxygen atoms in total. The van der Waals surface area contributed by atoms with Gasteiger partial charge in [0.1, 0.15) is 0 Å². The highest BCUT2D eigenvalue weighted by Crippen LogP contribution is 2.47. The maximum absolute atomic E-state index is 11.7. The number of hydrogen-bond acceptors (Lipinski definition) is 1. The van der Waals surface area contributed by atoms with Gasteiger partial charge in [0.05, 0.1) is 16.8 Å². The third kappa shape index (κ3) is 1.15. The molecule has 0 unspecified atom stereocenters. The molecule has 4 heteroatoms. The van der Waals surface area contributed by atoms with Crippen LogP contribution in [0.4, 0.5) is 0 Å². The van der Waals surface area contributed by atoms with E-state index in [1.807, 2.05) is 24.3 Å². The molecule has 1 aliphatic heterocycles. The first kappa shape index (κ1) is 9.49. The number of rotatable bonds is 0. The molecule has 4 atom stereocenters. The molecule has 1 saturated carbocycles. The Kier molecular flexibility index (Phi) is 1.98. The van der Waals surface area contributed by atoms with Gasteiger partial charge in [0.2, 0.25) is 0 Å². The molecule has 1 fully saturated rings. The molecule has 1 amide bonds. The summed E-state index contributed by atoms with van der Waals surface area (Å²) < 4.78 is 0. The molecule has 0 spiro atoms.